The van der Waals surface area contributed by atoms with E-state index >= 15 is 0 Å². The van der Waals surface area contributed by atoms with E-state index < -0.39 is 217 Å². The van der Waals surface area contributed by atoms with Crippen LogP contribution < -0.4 is 74.9 Å². The van der Waals surface area contributed by atoms with E-state index in [2.05, 4.69) is 80.8 Å². The summed E-state index contributed by atoms with van der Waals surface area (Å²) in [5.74, 6) is -18.6. The molecule has 0 aromatic heterocycles. The summed E-state index contributed by atoms with van der Waals surface area (Å²) < 4.78 is 0. The molecule has 4 rings (SSSR count). The Balaban J connectivity index is 1.46. The van der Waals surface area contributed by atoms with Crippen molar-refractivity contribution in [2.75, 3.05) is 30.3 Å². The van der Waals surface area contributed by atoms with Crippen molar-refractivity contribution in [1.82, 2.24) is 74.0 Å². The van der Waals surface area contributed by atoms with E-state index in [9.17, 15) is 107 Å². The monoisotopic (exact) mass is 1510 g/mol. The zero-order valence-electron chi connectivity index (χ0n) is 56.1. The van der Waals surface area contributed by atoms with Gasteiger partial charge in [-0.2, -0.15) is 0 Å². The van der Waals surface area contributed by atoms with Crippen LogP contribution in [0.15, 0.2) is 48.5 Å². The van der Waals surface area contributed by atoms with E-state index in [1.165, 1.54) is 76.2 Å². The van der Waals surface area contributed by atoms with Crippen LogP contribution in [0.5, 0.6) is 11.5 Å². The van der Waals surface area contributed by atoms with E-state index in [1.54, 1.807) is 0 Å². The number of thiol groups is 1. The third-order valence-corrected chi connectivity index (χ3v) is 18.8. The van der Waals surface area contributed by atoms with Crippen molar-refractivity contribution in [3.63, 3.8) is 0 Å². The Morgan fingerprint density at radius 3 is 1.78 bits per heavy atom. The van der Waals surface area contributed by atoms with Crippen molar-refractivity contribution in [2.45, 2.75) is 171 Å². The summed E-state index contributed by atoms with van der Waals surface area (Å²) in [5.41, 5.74) is 6.40. The topological polar surface area (TPSA) is 577 Å². The zero-order valence-corrected chi connectivity index (χ0v) is 59.4. The maximum Gasteiger partial charge on any atom is 0.326 e. The third kappa shape index (κ3) is 28.1. The first-order chi connectivity index (χ1) is 48.0. The fraction of sp³-hybridized carbons (Fsp3) is 0.525. The van der Waals surface area contributed by atoms with Crippen LogP contribution in [0.1, 0.15) is 84.8 Å². The number of carboxylic acid groups (broad SMARTS) is 2. The number of aromatic hydroxyl groups is 2. The van der Waals surface area contributed by atoms with E-state index in [0.29, 0.717) is 11.1 Å². The van der Waals surface area contributed by atoms with Gasteiger partial charge in [0, 0.05) is 50.0 Å². The molecule has 2 aromatic rings. The van der Waals surface area contributed by atoms with Crippen LogP contribution in [0.2, 0.25) is 0 Å². The SMILES string of the molecule is CC(=O)N[C@H]1CSSC[C@@H](C(=O)N[C@@H](CC(N)=O)C(=O)N2CCC[C@H]2C(=O)N[C@@H](C)C(=O)N[C@@H](C)C(=O)N[C@H](C(=O)NCC(=O)N[C@@H](CSS)C(=O)N[C@@H](Cc2ccc(O)cc2)C(=O)O)[C@H](C)O)NC(=O)[C@H](C)NC(=O)[C@H](Cc2ccc(O)cc2)NC(=O)[C@H](CCC(=O)O)NC(=O)[C@H](C)NC1=O. The molecule has 2 aliphatic rings. The predicted molar refractivity (Wildman–Crippen MR) is 369 cm³/mol. The van der Waals surface area contributed by atoms with E-state index in [4.69, 9.17) is 5.73 Å². The molecular formula is C61H85N15O22S4. The lowest BCUT2D eigenvalue weighted by molar-refractivity contribution is -0.143. The lowest BCUT2D eigenvalue weighted by atomic mass is 10.0. The maximum atomic E-state index is 14.5. The Bertz CT molecular complexity index is 3410. The molecule has 0 unspecified atom stereocenters. The molecule has 0 radical (unpaired) electrons. The van der Waals surface area contributed by atoms with Crippen LogP contribution in [-0.4, -0.2) is 246 Å². The summed E-state index contributed by atoms with van der Waals surface area (Å²) in [4.78, 5) is 228. The standard InChI is InChI=1S/C61H85N15O22S4/c1-27(49(85)64-30(4)52(88)75-48(31(5)77)59(95)63-23-46(82)69-41(24-100-99)56(92)73-40(61(97)98)21-34-11-15-36(80)16-12-34)67-58(94)44-8-7-19-76(44)60(96)39(22-45(62)81)72-57(93)43-26-102-101-25-42(68-32(6)78)55(91)66-28(2)50(86)70-37(17-18-47(83)84)53(89)71-38(20-33-9-13-35(79)14-10-33)54(90)65-29(3)51(87)74-43/h9-16,27-31,37-44,48,77,79-80,99H,7-8,17-26H2,1-6H3,(H2,62,81)(H,63,95)(H,64,85)(H,65,90)(H,66,91)(H,67,94)(H,68,78)(H,69,82)(H,70,86)(H,71,89)(H,72,93)(H,73,92)(H,74,87)(H,75,88)(H,83,84)(H,97,98)/t27-,28-,29-,30-,31-,37-,38-,39-,40-,41-,42-,43-,44-,48-/m0/s1. The molecule has 37 nitrogen and oxygen atoms in total. The van der Waals surface area contributed by atoms with E-state index in [0.717, 1.165) is 51.1 Å². The second-order valence-corrected chi connectivity index (χ2v) is 27.7. The summed E-state index contributed by atoms with van der Waals surface area (Å²) in [5, 5.41) is 80.2. The molecule has 560 valence electrons. The number of carbonyl (C=O) groups excluding carboxylic acids is 15. The minimum atomic E-state index is -1.82. The van der Waals surface area contributed by atoms with Crippen LogP contribution in [-0.2, 0) is 94.3 Å². The Kier molecular flexibility index (Phi) is 34.4. The second kappa shape index (κ2) is 41.3. The van der Waals surface area contributed by atoms with Gasteiger partial charge in [-0.05, 0) is 89.3 Å². The number of aliphatic hydroxyl groups is 1. The fourth-order valence-electron chi connectivity index (χ4n) is 9.84. The number of carbonyl (C=O) groups is 17. The van der Waals surface area contributed by atoms with Gasteiger partial charge in [0.05, 0.1) is 19.1 Å². The number of aliphatic hydroxyl groups excluding tert-OH is 1. The van der Waals surface area contributed by atoms with Crippen molar-refractivity contribution in [2.24, 2.45) is 5.73 Å². The lowest BCUT2D eigenvalue weighted by Gasteiger charge is -2.30. The average Bonchev–Trinajstić information content (AvgIpc) is 1.62. The lowest BCUT2D eigenvalue weighted by Crippen LogP contribution is -2.61. The minimum absolute atomic E-state index is 0.0160. The summed E-state index contributed by atoms with van der Waals surface area (Å²) >= 11 is 4.03. The minimum Gasteiger partial charge on any atom is -0.508 e. The molecule has 41 heteroatoms. The molecule has 20 N–H and O–H groups in total. The number of amides is 15. The largest absolute Gasteiger partial charge is 0.508 e. The van der Waals surface area contributed by atoms with E-state index in [1.807, 2.05) is 0 Å². The molecule has 2 saturated heterocycles. The molecular weight excluding hydrogens is 1420 g/mol. The molecule has 2 fully saturated rings. The van der Waals surface area contributed by atoms with Crippen LogP contribution in [0.25, 0.3) is 0 Å². The second-order valence-electron chi connectivity index (χ2n) is 23.8. The quantitative estimate of drug-likeness (QED) is 0.0266. The molecule has 15 amide bonds. The van der Waals surface area contributed by atoms with Gasteiger partial charge < -0.3 is 105 Å². The van der Waals surface area contributed by atoms with Gasteiger partial charge >= 0.3 is 11.9 Å². The Hall–Kier alpha value is -9.61. The van der Waals surface area contributed by atoms with Crippen molar-refractivity contribution >= 4 is 145 Å². The smallest absolute Gasteiger partial charge is 0.326 e. The van der Waals surface area contributed by atoms with Gasteiger partial charge in [-0.25, -0.2) is 4.79 Å². The number of hydrogen-bond donors (Lipinski definition) is 20. The first-order valence-corrected chi connectivity index (χ1v) is 36.2. The molecule has 0 aliphatic carbocycles. The number of likely N-dealkylation sites (tertiary alicyclic amines) is 1. The fourth-order valence-corrected chi connectivity index (χ4v) is 13.0. The van der Waals surface area contributed by atoms with Gasteiger partial charge in [0.15, 0.2) is 0 Å². The average molecular weight is 1510 g/mol. The summed E-state index contributed by atoms with van der Waals surface area (Å²) in [6.45, 7) is 6.13. The van der Waals surface area contributed by atoms with Gasteiger partial charge in [-0.3, -0.25) is 76.7 Å². The number of carboxylic acids is 2. The van der Waals surface area contributed by atoms with Gasteiger partial charge in [0.2, 0.25) is 88.6 Å². The summed E-state index contributed by atoms with van der Waals surface area (Å²) in [6, 6.07) is -8.87. The molecule has 14 atom stereocenters. The molecule has 2 aromatic carbocycles. The third-order valence-electron chi connectivity index (χ3n) is 15.4. The number of phenols is 2. The van der Waals surface area contributed by atoms with Gasteiger partial charge in [0.1, 0.15) is 90.0 Å². The number of phenolic OH excluding ortho intramolecular Hbond substituents is 2. The Morgan fingerprint density at radius 1 is 0.647 bits per heavy atom. The Labute approximate surface area is 601 Å². The van der Waals surface area contributed by atoms with Crippen molar-refractivity contribution in [3.05, 3.63) is 59.7 Å². The van der Waals surface area contributed by atoms with Crippen LogP contribution in [0.3, 0.4) is 0 Å². The molecule has 0 saturated carbocycles. The molecule has 2 aliphatic heterocycles. The Morgan fingerprint density at radius 2 is 1.21 bits per heavy atom. The summed E-state index contributed by atoms with van der Waals surface area (Å²) in [7, 11) is 2.58. The highest BCUT2D eigenvalue weighted by Crippen LogP contribution is 2.25. The predicted octanol–water partition coefficient (Wildman–Crippen LogP) is -5.91. The number of nitrogens with zero attached hydrogens (tertiary/aromatic N) is 1. The van der Waals surface area contributed by atoms with Crippen molar-refractivity contribution in [3.8, 4) is 11.5 Å². The number of hydrogen-bond acceptors (Lipinski definition) is 24. The van der Waals surface area contributed by atoms with E-state index in [-0.39, 0.29) is 55.2 Å². The van der Waals surface area contributed by atoms with Gasteiger partial charge in [0.25, 0.3) is 0 Å². The first-order valence-electron chi connectivity index (χ1n) is 31.6. The summed E-state index contributed by atoms with van der Waals surface area (Å²) in [6.07, 6.45) is -3.97. The van der Waals surface area contributed by atoms with Crippen LogP contribution in [0, 0.1) is 0 Å². The zero-order chi connectivity index (χ0) is 76.2. The number of aliphatic carboxylic acids is 2. The molecule has 0 bridgehead atoms. The molecule has 0 spiro atoms. The highest BCUT2D eigenvalue weighted by molar-refractivity contribution is 8.76. The molecule has 102 heavy (non-hydrogen) atoms. The van der Waals surface area contributed by atoms with Gasteiger partial charge in [-0.15, -0.1) is 11.7 Å². The van der Waals surface area contributed by atoms with Crippen molar-refractivity contribution in [1.29, 1.82) is 0 Å². The number of primary amides is 1. The normalized spacial score (nSPS) is 21.4. The number of benzene rings is 2. The highest BCUT2D eigenvalue weighted by Gasteiger charge is 2.41. The number of nitrogens with two attached hydrogens (primary N) is 1. The van der Waals surface area contributed by atoms with Crippen LogP contribution in [0.4, 0.5) is 0 Å². The van der Waals surface area contributed by atoms with Gasteiger partial charge in [-0.1, -0.05) is 56.6 Å². The maximum absolute atomic E-state index is 14.5. The number of rotatable bonds is 29. The first kappa shape index (κ1) is 84.8. The molecule has 2 heterocycles. The highest BCUT2D eigenvalue weighted by atomic mass is 33.1. The van der Waals surface area contributed by atoms with Crippen molar-refractivity contribution < 1.29 is 107 Å². The number of nitrogens with one attached hydrogen (secondary N) is 13. The van der Waals surface area contributed by atoms with Crippen LogP contribution >= 0.6 is 44.0 Å².